The molecule has 0 bridgehead atoms. The summed E-state index contributed by atoms with van der Waals surface area (Å²) >= 11 is 0. The number of fused-ring (bicyclic) bond motifs is 1. The molecule has 0 aromatic carbocycles. The second-order valence-electron chi connectivity index (χ2n) is 11.2. The third kappa shape index (κ3) is 4.61. The monoisotopic (exact) mass is 480 g/mol. The van der Waals surface area contributed by atoms with E-state index in [1.807, 2.05) is 6.08 Å². The summed E-state index contributed by atoms with van der Waals surface area (Å²) in [5.74, 6) is 0.454. The minimum Gasteiger partial charge on any atom is -0.458 e. The van der Waals surface area contributed by atoms with Crippen LogP contribution in [0.2, 0.25) is 0 Å². The number of hydrogen-bond donors (Lipinski definition) is 4. The molecule has 2 aliphatic heterocycles. The van der Waals surface area contributed by atoms with E-state index in [0.717, 1.165) is 44.1 Å². The van der Waals surface area contributed by atoms with Gasteiger partial charge in [-0.25, -0.2) is 4.79 Å². The summed E-state index contributed by atoms with van der Waals surface area (Å²) in [6.45, 7) is 9.21. The number of aliphatic hydroxyl groups is 4. The summed E-state index contributed by atoms with van der Waals surface area (Å²) in [5.41, 5.74) is 1.87. The molecule has 4 aliphatic rings. The average Bonchev–Trinajstić information content (AvgIpc) is 3.21. The van der Waals surface area contributed by atoms with Crippen LogP contribution in [-0.4, -0.2) is 76.9 Å². The van der Waals surface area contributed by atoms with Gasteiger partial charge in [-0.1, -0.05) is 32.4 Å². The number of carbonyl (C=O) groups excluding carboxylic acids is 1. The standard InChI is InChI=1S/C26H40O8/c1-15-5-8-19-25(2,14-33-24-22(30)21(29)20(28)18(13-27)34-24)10-4-11-26(19,3)17(15)7-6-16-9-12-32-23(16)31/h9,17-22,24,27-30H,1,4-8,10-14H2,2-3H3/t17-,18-,19-,20-,21+,22-,24-,25+,26+/m1/s1. The van der Waals surface area contributed by atoms with Crippen molar-refractivity contribution in [3.05, 3.63) is 23.8 Å². The third-order valence-electron chi connectivity index (χ3n) is 9.08. The number of allylic oxidation sites excluding steroid dienone is 1. The van der Waals surface area contributed by atoms with Crippen LogP contribution in [0, 0.1) is 22.7 Å². The molecule has 0 unspecified atom stereocenters. The number of cyclic esters (lactones) is 1. The maximum Gasteiger partial charge on any atom is 0.334 e. The minimum atomic E-state index is -1.45. The van der Waals surface area contributed by atoms with Gasteiger partial charge in [0.05, 0.1) is 13.2 Å². The van der Waals surface area contributed by atoms with Crippen LogP contribution in [-0.2, 0) is 19.0 Å². The van der Waals surface area contributed by atoms with E-state index in [1.165, 1.54) is 5.57 Å². The Morgan fingerprint density at radius 1 is 1.18 bits per heavy atom. The first-order valence-corrected chi connectivity index (χ1v) is 12.6. The average molecular weight is 481 g/mol. The third-order valence-corrected chi connectivity index (χ3v) is 9.08. The Hall–Kier alpha value is -1.29. The Kier molecular flexibility index (Phi) is 7.58. The lowest BCUT2D eigenvalue weighted by Crippen LogP contribution is -2.60. The zero-order valence-corrected chi connectivity index (χ0v) is 20.3. The maximum atomic E-state index is 11.9. The summed E-state index contributed by atoms with van der Waals surface area (Å²) in [7, 11) is 0. The van der Waals surface area contributed by atoms with Gasteiger partial charge in [0.15, 0.2) is 6.29 Å². The Morgan fingerprint density at radius 2 is 1.94 bits per heavy atom. The molecule has 3 fully saturated rings. The van der Waals surface area contributed by atoms with Crippen LogP contribution in [0.15, 0.2) is 23.8 Å². The Labute approximate surface area is 201 Å². The smallest absolute Gasteiger partial charge is 0.334 e. The van der Waals surface area contributed by atoms with Crippen LogP contribution in [0.4, 0.5) is 0 Å². The van der Waals surface area contributed by atoms with Gasteiger partial charge in [0.2, 0.25) is 0 Å². The van der Waals surface area contributed by atoms with Gasteiger partial charge in [-0.3, -0.25) is 0 Å². The molecule has 8 nitrogen and oxygen atoms in total. The first-order chi connectivity index (χ1) is 16.1. The molecule has 0 amide bonds. The van der Waals surface area contributed by atoms with Crippen LogP contribution < -0.4 is 0 Å². The molecule has 34 heavy (non-hydrogen) atoms. The number of carbonyl (C=O) groups is 1. The molecule has 4 rings (SSSR count). The van der Waals surface area contributed by atoms with Crippen LogP contribution in [0.5, 0.6) is 0 Å². The highest BCUT2D eigenvalue weighted by atomic mass is 16.7. The minimum absolute atomic E-state index is 0.0180. The van der Waals surface area contributed by atoms with Gasteiger partial charge >= 0.3 is 5.97 Å². The SMILES string of the molecule is C=C1CC[C@@H]2[C@](C)(CO[C@@H]3O[C@H](CO)[C@@H](O)[C@H](O)[C@H]3O)CCC[C@@]2(C)[C@@H]1CCC1=CCOC1=O. The molecule has 0 spiro atoms. The van der Waals surface area contributed by atoms with Crippen molar-refractivity contribution in [2.75, 3.05) is 19.8 Å². The van der Waals surface area contributed by atoms with Gasteiger partial charge in [-0.05, 0) is 67.3 Å². The number of rotatable bonds is 7. The number of hydrogen-bond acceptors (Lipinski definition) is 8. The molecule has 9 atom stereocenters. The summed E-state index contributed by atoms with van der Waals surface area (Å²) in [6.07, 6.45) is 2.15. The predicted octanol–water partition coefficient (Wildman–Crippen LogP) is 1.85. The van der Waals surface area contributed by atoms with E-state index in [9.17, 15) is 25.2 Å². The van der Waals surface area contributed by atoms with Gasteiger partial charge in [0, 0.05) is 5.57 Å². The largest absolute Gasteiger partial charge is 0.458 e. The van der Waals surface area contributed by atoms with E-state index < -0.39 is 37.3 Å². The molecular formula is C26H40O8. The van der Waals surface area contributed by atoms with Gasteiger partial charge in [-0.15, -0.1) is 0 Å². The highest BCUT2D eigenvalue weighted by molar-refractivity contribution is 5.90. The van der Waals surface area contributed by atoms with Crippen LogP contribution in [0.25, 0.3) is 0 Å². The number of ether oxygens (including phenoxy) is 3. The molecule has 8 heteroatoms. The van der Waals surface area contributed by atoms with Gasteiger partial charge in [0.25, 0.3) is 0 Å². The summed E-state index contributed by atoms with van der Waals surface area (Å²) in [6, 6.07) is 0. The van der Waals surface area contributed by atoms with Gasteiger partial charge in [0.1, 0.15) is 31.0 Å². The van der Waals surface area contributed by atoms with E-state index in [1.54, 1.807) is 0 Å². The van der Waals surface area contributed by atoms with Gasteiger partial charge in [-0.2, -0.15) is 0 Å². The molecule has 1 saturated heterocycles. The topological polar surface area (TPSA) is 126 Å². The van der Waals surface area contributed by atoms with E-state index in [0.29, 0.717) is 31.5 Å². The van der Waals surface area contributed by atoms with Crippen LogP contribution >= 0.6 is 0 Å². The normalized spacial score (nSPS) is 45.0. The Bertz CT molecular complexity index is 809. The first-order valence-electron chi connectivity index (χ1n) is 12.6. The molecular weight excluding hydrogens is 440 g/mol. The van der Waals surface area contributed by atoms with Crippen molar-refractivity contribution in [2.24, 2.45) is 22.7 Å². The molecule has 0 aromatic heterocycles. The first kappa shape index (κ1) is 25.8. The lowest BCUT2D eigenvalue weighted by molar-refractivity contribution is -0.309. The Morgan fingerprint density at radius 3 is 2.62 bits per heavy atom. The lowest BCUT2D eigenvalue weighted by atomic mass is 9.47. The maximum absolute atomic E-state index is 11.9. The van der Waals surface area contributed by atoms with E-state index in [4.69, 9.17) is 14.2 Å². The second-order valence-corrected chi connectivity index (χ2v) is 11.2. The van der Waals surface area contributed by atoms with Crippen LogP contribution in [0.1, 0.15) is 58.8 Å². The zero-order valence-electron chi connectivity index (χ0n) is 20.3. The van der Waals surface area contributed by atoms with Crippen molar-refractivity contribution in [3.8, 4) is 0 Å². The van der Waals surface area contributed by atoms with E-state index >= 15 is 0 Å². The highest BCUT2D eigenvalue weighted by Crippen LogP contribution is 2.62. The van der Waals surface area contributed by atoms with Crippen LogP contribution in [0.3, 0.4) is 0 Å². The van der Waals surface area contributed by atoms with Crippen molar-refractivity contribution in [1.82, 2.24) is 0 Å². The number of aliphatic hydroxyl groups excluding tert-OH is 4. The number of esters is 1. The summed E-state index contributed by atoms with van der Waals surface area (Å²) < 4.78 is 16.7. The summed E-state index contributed by atoms with van der Waals surface area (Å²) in [4.78, 5) is 11.9. The molecule has 192 valence electrons. The molecule has 4 N–H and O–H groups in total. The van der Waals surface area contributed by atoms with Crippen molar-refractivity contribution in [2.45, 2.75) is 89.5 Å². The lowest BCUT2D eigenvalue weighted by Gasteiger charge is -2.59. The molecule has 0 aromatic rings. The van der Waals surface area contributed by atoms with Gasteiger partial charge < -0.3 is 34.6 Å². The molecule has 2 saturated carbocycles. The second kappa shape index (κ2) is 9.99. The van der Waals surface area contributed by atoms with Crippen molar-refractivity contribution in [3.63, 3.8) is 0 Å². The fourth-order valence-corrected chi connectivity index (χ4v) is 7.17. The quantitative estimate of drug-likeness (QED) is 0.321. The molecule has 2 heterocycles. The molecule has 0 radical (unpaired) electrons. The van der Waals surface area contributed by atoms with Crippen molar-refractivity contribution < 1.29 is 39.4 Å². The van der Waals surface area contributed by atoms with E-state index in [2.05, 4.69) is 20.4 Å². The predicted molar refractivity (Wildman–Crippen MR) is 123 cm³/mol. The molecule has 2 aliphatic carbocycles. The van der Waals surface area contributed by atoms with Crippen molar-refractivity contribution >= 4 is 5.97 Å². The highest BCUT2D eigenvalue weighted by Gasteiger charge is 2.55. The fourth-order valence-electron chi connectivity index (χ4n) is 7.17. The van der Waals surface area contributed by atoms with E-state index in [-0.39, 0.29) is 16.8 Å². The fraction of sp³-hybridized carbons (Fsp3) is 0.808. The summed E-state index contributed by atoms with van der Waals surface area (Å²) in [5, 5.41) is 40.0. The Balaban J connectivity index is 1.46. The zero-order chi connectivity index (χ0) is 24.7. The van der Waals surface area contributed by atoms with Crippen molar-refractivity contribution in [1.29, 1.82) is 0 Å².